The molecule has 5 heteroatoms. The van der Waals surface area contributed by atoms with Gasteiger partial charge in [0, 0.05) is 20.1 Å². The van der Waals surface area contributed by atoms with Crippen LogP contribution in [0.2, 0.25) is 5.02 Å². The first-order valence-corrected chi connectivity index (χ1v) is 6.60. The van der Waals surface area contributed by atoms with Crippen molar-refractivity contribution in [1.82, 2.24) is 15.1 Å². The molecule has 0 amide bonds. The molecule has 4 nitrogen and oxygen atoms in total. The summed E-state index contributed by atoms with van der Waals surface area (Å²) in [5.74, 6) is 0.510. The van der Waals surface area contributed by atoms with Gasteiger partial charge in [0.15, 0.2) is 0 Å². The van der Waals surface area contributed by atoms with E-state index in [4.69, 9.17) is 11.6 Å². The van der Waals surface area contributed by atoms with Gasteiger partial charge in [0.05, 0.1) is 22.5 Å². The van der Waals surface area contributed by atoms with Crippen LogP contribution in [0.15, 0.2) is 0 Å². The lowest BCUT2D eigenvalue weighted by Crippen LogP contribution is -2.28. The topological polar surface area (TPSA) is 50.1 Å². The molecule has 0 spiro atoms. The van der Waals surface area contributed by atoms with Crippen LogP contribution in [0.1, 0.15) is 31.2 Å². The normalized spacial score (nSPS) is 17.4. The maximum atomic E-state index is 9.74. The Kier molecular flexibility index (Phi) is 4.07. The third kappa shape index (κ3) is 3.00. The summed E-state index contributed by atoms with van der Waals surface area (Å²) in [5, 5.41) is 18.1. The predicted octanol–water partition coefficient (Wildman–Crippen LogP) is 1.50. The Hall–Kier alpha value is -0.580. The highest BCUT2D eigenvalue weighted by molar-refractivity contribution is 6.31. The van der Waals surface area contributed by atoms with E-state index < -0.39 is 0 Å². The Morgan fingerprint density at radius 3 is 2.82 bits per heavy atom. The second-order valence-corrected chi connectivity index (χ2v) is 5.10. The van der Waals surface area contributed by atoms with E-state index in [0.717, 1.165) is 35.7 Å². The summed E-state index contributed by atoms with van der Waals surface area (Å²) in [6.07, 6.45) is 2.95. The van der Waals surface area contributed by atoms with Crippen molar-refractivity contribution in [3.05, 3.63) is 16.4 Å². The number of hydrogen-bond donors (Lipinski definition) is 2. The highest BCUT2D eigenvalue weighted by Crippen LogP contribution is 2.32. The average Bonchev–Trinajstić information content (AvgIpc) is 3.10. The smallest absolute Gasteiger partial charge is 0.0863 e. The molecule has 1 saturated carbocycles. The Labute approximate surface area is 107 Å². The van der Waals surface area contributed by atoms with Crippen LogP contribution in [0, 0.1) is 5.92 Å². The summed E-state index contributed by atoms with van der Waals surface area (Å²) >= 11 is 6.23. The summed E-state index contributed by atoms with van der Waals surface area (Å²) in [7, 11) is 1.90. The highest BCUT2D eigenvalue weighted by atomic mass is 35.5. The quantitative estimate of drug-likeness (QED) is 0.812. The molecule has 1 fully saturated rings. The molecule has 1 aliphatic rings. The van der Waals surface area contributed by atoms with Gasteiger partial charge in [-0.3, -0.25) is 4.68 Å². The van der Waals surface area contributed by atoms with Crippen LogP contribution in [0.4, 0.5) is 0 Å². The summed E-state index contributed by atoms with van der Waals surface area (Å²) in [6.45, 7) is 3.34. The molecular weight excluding hydrogens is 238 g/mol. The summed E-state index contributed by atoms with van der Waals surface area (Å²) in [4.78, 5) is 0. The van der Waals surface area contributed by atoms with Crippen molar-refractivity contribution >= 4 is 11.6 Å². The molecule has 1 heterocycles. The molecule has 2 N–H and O–H groups in total. The molecule has 0 bridgehead atoms. The second kappa shape index (κ2) is 5.38. The number of halogens is 1. The van der Waals surface area contributed by atoms with E-state index >= 15 is 0 Å². The number of aliphatic hydroxyl groups is 1. The molecule has 1 atom stereocenters. The largest absolute Gasteiger partial charge is 0.392 e. The number of aromatic nitrogens is 2. The molecule has 0 saturated heterocycles. The fraction of sp³-hybridized carbons (Fsp3) is 0.750. The highest BCUT2D eigenvalue weighted by Gasteiger charge is 2.29. The molecule has 2 rings (SSSR count). The first kappa shape index (κ1) is 12.9. The Morgan fingerprint density at radius 2 is 2.29 bits per heavy atom. The van der Waals surface area contributed by atoms with Crippen molar-refractivity contribution in [2.75, 3.05) is 6.54 Å². The van der Waals surface area contributed by atoms with Crippen LogP contribution in [-0.4, -0.2) is 27.5 Å². The first-order chi connectivity index (χ1) is 8.13. The third-order valence-corrected chi connectivity index (χ3v) is 3.75. The van der Waals surface area contributed by atoms with Gasteiger partial charge in [-0.15, -0.1) is 0 Å². The van der Waals surface area contributed by atoms with Gasteiger partial charge in [-0.1, -0.05) is 18.5 Å². The van der Waals surface area contributed by atoms with Crippen molar-refractivity contribution in [3.8, 4) is 0 Å². The summed E-state index contributed by atoms with van der Waals surface area (Å²) in [6, 6.07) is 0. The van der Waals surface area contributed by atoms with E-state index in [-0.39, 0.29) is 6.10 Å². The Morgan fingerprint density at radius 1 is 1.59 bits per heavy atom. The molecule has 17 heavy (non-hydrogen) atoms. The van der Waals surface area contributed by atoms with E-state index in [1.807, 2.05) is 18.7 Å². The maximum Gasteiger partial charge on any atom is 0.0863 e. The Balaban J connectivity index is 1.87. The number of aryl methyl sites for hydroxylation is 2. The monoisotopic (exact) mass is 257 g/mol. The van der Waals surface area contributed by atoms with Gasteiger partial charge < -0.3 is 10.4 Å². The minimum atomic E-state index is -0.215. The minimum Gasteiger partial charge on any atom is -0.392 e. The third-order valence-electron chi connectivity index (χ3n) is 3.32. The molecule has 96 valence electrons. The number of hydrogen-bond acceptors (Lipinski definition) is 3. The number of nitrogens with zero attached hydrogens (tertiary/aromatic N) is 2. The molecule has 1 aliphatic carbocycles. The summed E-state index contributed by atoms with van der Waals surface area (Å²) in [5.41, 5.74) is 1.93. The minimum absolute atomic E-state index is 0.215. The van der Waals surface area contributed by atoms with Crippen molar-refractivity contribution < 1.29 is 5.11 Å². The van der Waals surface area contributed by atoms with Crippen molar-refractivity contribution in [2.24, 2.45) is 13.0 Å². The van der Waals surface area contributed by atoms with E-state index in [9.17, 15) is 5.11 Å². The molecule has 1 unspecified atom stereocenters. The first-order valence-electron chi connectivity index (χ1n) is 6.22. The van der Waals surface area contributed by atoms with E-state index in [0.29, 0.717) is 19.0 Å². The van der Waals surface area contributed by atoms with Gasteiger partial charge in [-0.25, -0.2) is 0 Å². The molecule has 0 aliphatic heterocycles. The Bertz CT molecular complexity index is 387. The lowest BCUT2D eigenvalue weighted by molar-refractivity contribution is 0.148. The van der Waals surface area contributed by atoms with Gasteiger partial charge in [0.1, 0.15) is 0 Å². The van der Waals surface area contributed by atoms with Gasteiger partial charge >= 0.3 is 0 Å². The zero-order valence-electron chi connectivity index (χ0n) is 10.4. The van der Waals surface area contributed by atoms with Crippen LogP contribution in [-0.2, 0) is 20.0 Å². The molecular formula is C12H20ClN3O. The van der Waals surface area contributed by atoms with Gasteiger partial charge in [0.25, 0.3) is 0 Å². The van der Waals surface area contributed by atoms with Crippen molar-refractivity contribution in [1.29, 1.82) is 0 Å². The number of rotatable bonds is 6. The van der Waals surface area contributed by atoms with Crippen LogP contribution in [0.25, 0.3) is 0 Å². The van der Waals surface area contributed by atoms with Crippen molar-refractivity contribution in [3.63, 3.8) is 0 Å². The zero-order valence-corrected chi connectivity index (χ0v) is 11.2. The van der Waals surface area contributed by atoms with E-state index in [1.54, 1.807) is 0 Å². The van der Waals surface area contributed by atoms with Gasteiger partial charge in [-0.05, 0) is 25.2 Å². The SMILES string of the molecule is CCc1nn(C)c(CNCC(O)C2CC2)c1Cl. The van der Waals surface area contributed by atoms with Crippen LogP contribution in [0.3, 0.4) is 0 Å². The molecule has 0 radical (unpaired) electrons. The van der Waals surface area contributed by atoms with E-state index in [2.05, 4.69) is 10.4 Å². The predicted molar refractivity (Wildman–Crippen MR) is 68.0 cm³/mol. The maximum absolute atomic E-state index is 9.74. The average molecular weight is 258 g/mol. The summed E-state index contributed by atoms with van der Waals surface area (Å²) < 4.78 is 1.82. The number of aliphatic hydroxyl groups excluding tert-OH is 1. The second-order valence-electron chi connectivity index (χ2n) is 4.72. The number of nitrogens with one attached hydrogen (secondary N) is 1. The zero-order chi connectivity index (χ0) is 12.4. The molecule has 1 aromatic rings. The van der Waals surface area contributed by atoms with Crippen LogP contribution < -0.4 is 5.32 Å². The van der Waals surface area contributed by atoms with E-state index in [1.165, 1.54) is 0 Å². The van der Waals surface area contributed by atoms with Crippen molar-refractivity contribution in [2.45, 2.75) is 38.8 Å². The fourth-order valence-electron chi connectivity index (χ4n) is 2.00. The van der Waals surface area contributed by atoms with Crippen LogP contribution >= 0.6 is 11.6 Å². The van der Waals surface area contributed by atoms with Gasteiger partial charge in [0.2, 0.25) is 0 Å². The molecule has 0 aromatic carbocycles. The van der Waals surface area contributed by atoms with Crippen LogP contribution in [0.5, 0.6) is 0 Å². The molecule has 1 aromatic heterocycles. The standard InChI is InChI=1S/C12H20ClN3O/c1-3-9-12(13)10(16(2)15-9)6-14-7-11(17)8-4-5-8/h8,11,14,17H,3-7H2,1-2H3. The lowest BCUT2D eigenvalue weighted by atomic mass is 10.2. The lowest BCUT2D eigenvalue weighted by Gasteiger charge is -2.10. The fourth-order valence-corrected chi connectivity index (χ4v) is 2.36. The van der Waals surface area contributed by atoms with Gasteiger partial charge in [-0.2, -0.15) is 5.10 Å².